The number of amides is 2. The van der Waals surface area contributed by atoms with Gasteiger partial charge in [-0.1, -0.05) is 41.4 Å². The van der Waals surface area contributed by atoms with E-state index in [-0.39, 0.29) is 10.6 Å². The summed E-state index contributed by atoms with van der Waals surface area (Å²) in [6.45, 7) is 3.52. The van der Waals surface area contributed by atoms with E-state index in [9.17, 15) is 9.59 Å². The van der Waals surface area contributed by atoms with Crippen molar-refractivity contribution < 1.29 is 9.59 Å². The van der Waals surface area contributed by atoms with Crippen LogP contribution in [0.15, 0.2) is 48.5 Å². The van der Waals surface area contributed by atoms with Crippen molar-refractivity contribution in [3.8, 4) is 5.69 Å². The Hall–Kier alpha value is -2.83. The minimum absolute atomic E-state index is 0.165. The van der Waals surface area contributed by atoms with E-state index in [1.165, 1.54) is 12.1 Å². The van der Waals surface area contributed by atoms with Crippen molar-refractivity contribution in [1.82, 2.24) is 20.6 Å². The molecule has 1 heterocycles. The largest absolute Gasteiger partial charge is 0.273 e. The van der Waals surface area contributed by atoms with Gasteiger partial charge in [-0.3, -0.25) is 20.4 Å². The van der Waals surface area contributed by atoms with Crippen molar-refractivity contribution in [3.05, 3.63) is 81.1 Å². The monoisotopic (exact) mass is 402 g/mol. The summed E-state index contributed by atoms with van der Waals surface area (Å²) < 4.78 is 1.68. The smallest absolute Gasteiger partial charge is 0.267 e. The van der Waals surface area contributed by atoms with Crippen LogP contribution < -0.4 is 10.9 Å². The molecule has 0 bridgehead atoms. The molecule has 2 N–H and O–H groups in total. The Kier molecular flexibility index (Phi) is 5.48. The third kappa shape index (κ3) is 3.97. The molecule has 6 nitrogen and oxygen atoms in total. The molecule has 0 aliphatic heterocycles. The highest BCUT2D eigenvalue weighted by atomic mass is 35.5. The zero-order chi connectivity index (χ0) is 19.6. The summed E-state index contributed by atoms with van der Waals surface area (Å²) in [5.74, 6) is -1.04. The molecule has 0 saturated heterocycles. The van der Waals surface area contributed by atoms with Gasteiger partial charge in [-0.05, 0) is 44.2 Å². The summed E-state index contributed by atoms with van der Waals surface area (Å²) in [5.41, 5.74) is 7.34. The van der Waals surface area contributed by atoms with Crippen LogP contribution >= 0.6 is 23.2 Å². The maximum absolute atomic E-state index is 12.6. The number of rotatable bonds is 3. The number of carbonyl (C=O) groups excluding carboxylic acids is 2. The summed E-state index contributed by atoms with van der Waals surface area (Å²) in [4.78, 5) is 24.8. The van der Waals surface area contributed by atoms with Crippen molar-refractivity contribution in [2.75, 3.05) is 0 Å². The lowest BCUT2D eigenvalue weighted by Gasteiger charge is -2.09. The minimum atomic E-state index is -0.568. The van der Waals surface area contributed by atoms with Crippen molar-refractivity contribution in [1.29, 1.82) is 0 Å². The van der Waals surface area contributed by atoms with E-state index >= 15 is 0 Å². The van der Waals surface area contributed by atoms with Gasteiger partial charge in [0.05, 0.1) is 33.2 Å². The van der Waals surface area contributed by atoms with Crippen LogP contribution in [-0.2, 0) is 0 Å². The summed E-state index contributed by atoms with van der Waals surface area (Å²) in [6.07, 6.45) is 0. The molecule has 0 spiro atoms. The maximum Gasteiger partial charge on any atom is 0.273 e. The van der Waals surface area contributed by atoms with Gasteiger partial charge in [-0.25, -0.2) is 4.68 Å². The first-order valence-electron chi connectivity index (χ1n) is 8.06. The molecule has 1 aromatic heterocycles. The molecule has 3 rings (SSSR count). The van der Waals surface area contributed by atoms with Crippen LogP contribution in [0.4, 0.5) is 0 Å². The zero-order valence-corrected chi connectivity index (χ0v) is 16.1. The van der Waals surface area contributed by atoms with Crippen molar-refractivity contribution >= 4 is 35.0 Å². The van der Waals surface area contributed by atoms with Crippen LogP contribution in [0, 0.1) is 13.8 Å². The molecular weight excluding hydrogens is 387 g/mol. The lowest BCUT2D eigenvalue weighted by Crippen LogP contribution is -2.42. The highest BCUT2D eigenvalue weighted by Crippen LogP contribution is 2.20. The second-order valence-electron chi connectivity index (χ2n) is 5.83. The number of benzene rings is 2. The van der Waals surface area contributed by atoms with E-state index < -0.39 is 11.8 Å². The molecule has 2 aromatic carbocycles. The van der Waals surface area contributed by atoms with Gasteiger partial charge >= 0.3 is 0 Å². The summed E-state index contributed by atoms with van der Waals surface area (Å²) in [7, 11) is 0. The third-order valence-corrected chi connectivity index (χ3v) is 4.55. The van der Waals surface area contributed by atoms with Gasteiger partial charge in [0.1, 0.15) is 0 Å². The fraction of sp³-hybridized carbons (Fsp3) is 0.105. The first-order valence-corrected chi connectivity index (χ1v) is 8.81. The average molecular weight is 403 g/mol. The Bertz CT molecular complexity index is 1020. The lowest BCUT2D eigenvalue weighted by molar-refractivity contribution is 0.0846. The summed E-state index contributed by atoms with van der Waals surface area (Å²) in [6, 6.07) is 14.0. The maximum atomic E-state index is 12.6. The fourth-order valence-electron chi connectivity index (χ4n) is 2.71. The predicted molar refractivity (Wildman–Crippen MR) is 104 cm³/mol. The van der Waals surface area contributed by atoms with Crippen LogP contribution in [0.3, 0.4) is 0 Å². The number of nitrogens with zero attached hydrogens (tertiary/aromatic N) is 2. The number of carbonyl (C=O) groups is 2. The van der Waals surface area contributed by atoms with Crippen LogP contribution in [-0.4, -0.2) is 21.6 Å². The average Bonchev–Trinajstić information content (AvgIpc) is 2.96. The molecule has 3 aromatic rings. The molecule has 0 aliphatic rings. The molecule has 0 atom stereocenters. The van der Waals surface area contributed by atoms with Crippen LogP contribution in [0.1, 0.15) is 32.1 Å². The highest BCUT2D eigenvalue weighted by molar-refractivity contribution is 6.35. The topological polar surface area (TPSA) is 76.0 Å². The molecule has 0 fully saturated rings. The van der Waals surface area contributed by atoms with E-state index in [0.29, 0.717) is 22.0 Å². The quantitative estimate of drug-likeness (QED) is 0.652. The molecule has 27 heavy (non-hydrogen) atoms. The van der Waals surface area contributed by atoms with Gasteiger partial charge in [0.2, 0.25) is 0 Å². The molecule has 138 valence electrons. The predicted octanol–water partition coefficient (Wildman–Crippen LogP) is 3.87. The van der Waals surface area contributed by atoms with Gasteiger partial charge in [0, 0.05) is 5.02 Å². The van der Waals surface area contributed by atoms with Gasteiger partial charge < -0.3 is 0 Å². The van der Waals surface area contributed by atoms with Crippen LogP contribution in [0.2, 0.25) is 10.0 Å². The minimum Gasteiger partial charge on any atom is -0.267 e. The molecule has 2 amide bonds. The van der Waals surface area contributed by atoms with Crippen molar-refractivity contribution in [3.63, 3.8) is 0 Å². The van der Waals surface area contributed by atoms with Gasteiger partial charge in [-0.15, -0.1) is 0 Å². The normalized spacial score (nSPS) is 10.5. The first kappa shape index (κ1) is 18.9. The van der Waals surface area contributed by atoms with E-state index in [2.05, 4.69) is 16.0 Å². The van der Waals surface area contributed by atoms with E-state index in [1.807, 2.05) is 30.3 Å². The molecule has 8 heteroatoms. The number of para-hydroxylation sites is 1. The molecular formula is C19H16Cl2N4O2. The number of hydrazine groups is 1. The second-order valence-corrected chi connectivity index (χ2v) is 6.67. The lowest BCUT2D eigenvalue weighted by atomic mass is 10.2. The number of aryl methyl sites for hydroxylation is 1. The summed E-state index contributed by atoms with van der Waals surface area (Å²) >= 11 is 11.9. The molecule has 0 radical (unpaired) electrons. The van der Waals surface area contributed by atoms with Gasteiger partial charge in [-0.2, -0.15) is 5.10 Å². The number of nitrogens with one attached hydrogen (secondary N) is 2. The highest BCUT2D eigenvalue weighted by Gasteiger charge is 2.20. The Morgan fingerprint density at radius 1 is 0.963 bits per heavy atom. The zero-order valence-electron chi connectivity index (χ0n) is 14.6. The Balaban J connectivity index is 1.78. The number of hydrogen-bond acceptors (Lipinski definition) is 3. The number of hydrogen-bond donors (Lipinski definition) is 2. The van der Waals surface area contributed by atoms with Crippen molar-refractivity contribution in [2.45, 2.75) is 13.8 Å². The van der Waals surface area contributed by atoms with Crippen molar-refractivity contribution in [2.24, 2.45) is 0 Å². The molecule has 0 unspecified atom stereocenters. The Morgan fingerprint density at radius 3 is 2.33 bits per heavy atom. The number of halogens is 2. The van der Waals surface area contributed by atoms with Crippen LogP contribution in [0.5, 0.6) is 0 Å². The number of aromatic nitrogens is 2. The Morgan fingerprint density at radius 2 is 1.63 bits per heavy atom. The Labute approximate surface area is 166 Å². The van der Waals surface area contributed by atoms with Gasteiger partial charge in [0.25, 0.3) is 11.8 Å². The van der Waals surface area contributed by atoms with Crippen LogP contribution in [0.25, 0.3) is 5.69 Å². The SMILES string of the molecule is Cc1nn(-c2ccccc2)c(C)c1C(=O)NNC(=O)c1cc(Cl)ccc1Cl. The first-order chi connectivity index (χ1) is 12.9. The third-order valence-electron chi connectivity index (χ3n) is 3.98. The van der Waals surface area contributed by atoms with E-state index in [1.54, 1.807) is 24.6 Å². The fourth-order valence-corrected chi connectivity index (χ4v) is 3.08. The standard InChI is InChI=1S/C19H16Cl2N4O2/c1-11-17(12(2)25(24-11)14-6-4-3-5-7-14)19(27)23-22-18(26)15-10-13(20)8-9-16(15)21/h3-10H,1-2H3,(H,22,26)(H,23,27). The summed E-state index contributed by atoms with van der Waals surface area (Å²) in [5, 5.41) is 5.02. The molecule has 0 saturated carbocycles. The van der Waals surface area contributed by atoms with E-state index in [0.717, 1.165) is 5.69 Å². The van der Waals surface area contributed by atoms with E-state index in [4.69, 9.17) is 23.2 Å². The second kappa shape index (κ2) is 7.82. The molecule has 0 aliphatic carbocycles. The van der Waals surface area contributed by atoms with Gasteiger partial charge in [0.15, 0.2) is 0 Å².